The maximum Gasteiger partial charge on any atom is 0.343 e. The lowest BCUT2D eigenvalue weighted by Gasteiger charge is -2.08. The smallest absolute Gasteiger partial charge is 0.343 e. The lowest BCUT2D eigenvalue weighted by molar-refractivity contribution is 0.0725. The molecule has 320 valence electrons. The van der Waals surface area contributed by atoms with Gasteiger partial charge in [0.1, 0.15) is 23.0 Å². The molecule has 0 heterocycles. The fraction of sp³-hybridized carbons (Fsp3) is 0.509. The Balaban J connectivity index is 0.987. The van der Waals surface area contributed by atoms with Crippen molar-refractivity contribution in [3.63, 3.8) is 0 Å². The number of rotatable bonds is 32. The van der Waals surface area contributed by atoms with Gasteiger partial charge in [0.25, 0.3) is 0 Å². The van der Waals surface area contributed by atoms with Gasteiger partial charge in [-0.05, 0) is 122 Å². The molecule has 0 N–H and O–H groups in total. The monoisotopic (exact) mass is 805 g/mol. The summed E-state index contributed by atoms with van der Waals surface area (Å²) in [4.78, 5) is 25.4. The van der Waals surface area contributed by atoms with Gasteiger partial charge in [0.2, 0.25) is 0 Å². The zero-order valence-electron chi connectivity index (χ0n) is 36.4. The van der Waals surface area contributed by atoms with E-state index in [-0.39, 0.29) is 11.9 Å². The van der Waals surface area contributed by atoms with Crippen LogP contribution < -0.4 is 18.9 Å². The quantitative estimate of drug-likeness (QED) is 0.0278. The summed E-state index contributed by atoms with van der Waals surface area (Å²) in [6, 6.07) is 30.3. The number of unbranched alkanes of at least 4 members (excludes halogenated alkanes) is 18. The van der Waals surface area contributed by atoms with Crippen LogP contribution >= 0.6 is 0 Å². The summed E-state index contributed by atoms with van der Waals surface area (Å²) in [6.45, 7) is 5.90. The normalized spacial score (nSPS) is 11.0. The van der Waals surface area contributed by atoms with Gasteiger partial charge in [-0.25, -0.2) is 9.59 Å². The summed E-state index contributed by atoms with van der Waals surface area (Å²) in [5, 5.41) is 0. The van der Waals surface area contributed by atoms with Crippen molar-refractivity contribution in [3.8, 4) is 23.0 Å². The Labute approximate surface area is 356 Å². The summed E-state index contributed by atoms with van der Waals surface area (Å²) < 4.78 is 23.0. The first-order chi connectivity index (χ1) is 29.0. The van der Waals surface area contributed by atoms with E-state index in [1.54, 1.807) is 24.3 Å². The highest BCUT2D eigenvalue weighted by atomic mass is 16.5. The van der Waals surface area contributed by atoms with Crippen LogP contribution in [0.15, 0.2) is 97.1 Å². The van der Waals surface area contributed by atoms with Crippen molar-refractivity contribution in [2.45, 2.75) is 162 Å². The van der Waals surface area contributed by atoms with E-state index in [1.165, 1.54) is 120 Å². The zero-order chi connectivity index (χ0) is 41.6. The maximum absolute atomic E-state index is 12.7. The molecular weight excluding hydrogens is 733 g/mol. The van der Waals surface area contributed by atoms with Crippen LogP contribution in [-0.4, -0.2) is 25.2 Å². The molecule has 0 aromatic heterocycles. The van der Waals surface area contributed by atoms with Gasteiger partial charge in [-0.15, -0.1) is 0 Å². The fourth-order valence-corrected chi connectivity index (χ4v) is 7.20. The van der Waals surface area contributed by atoms with Crippen LogP contribution in [0.25, 0.3) is 0 Å². The maximum atomic E-state index is 12.7. The Morgan fingerprint density at radius 3 is 0.966 bits per heavy atom. The molecule has 0 radical (unpaired) electrons. The molecular formula is C53H72O6. The minimum Gasteiger partial charge on any atom is -0.494 e. The van der Waals surface area contributed by atoms with Crippen LogP contribution in [0, 0.1) is 0 Å². The van der Waals surface area contributed by atoms with Crippen molar-refractivity contribution in [1.29, 1.82) is 0 Å². The molecule has 6 heteroatoms. The van der Waals surface area contributed by atoms with Crippen LogP contribution in [0.3, 0.4) is 0 Å². The minimum atomic E-state index is -0.356. The number of ether oxygens (including phenoxy) is 4. The molecule has 4 rings (SSSR count). The molecule has 0 fully saturated rings. The predicted octanol–water partition coefficient (Wildman–Crippen LogP) is 14.9. The molecule has 59 heavy (non-hydrogen) atoms. The molecule has 4 aromatic carbocycles. The van der Waals surface area contributed by atoms with E-state index in [0.717, 1.165) is 50.0 Å². The molecule has 0 bridgehead atoms. The van der Waals surface area contributed by atoms with E-state index in [2.05, 4.69) is 38.1 Å². The molecule has 0 amide bonds. The lowest BCUT2D eigenvalue weighted by Crippen LogP contribution is -2.08. The van der Waals surface area contributed by atoms with E-state index in [4.69, 9.17) is 18.9 Å². The number of carbonyl (C=O) groups is 2. The predicted molar refractivity (Wildman–Crippen MR) is 242 cm³/mol. The Hall–Kier alpha value is -4.58. The van der Waals surface area contributed by atoms with Crippen molar-refractivity contribution in [3.05, 3.63) is 119 Å². The van der Waals surface area contributed by atoms with Crippen molar-refractivity contribution in [1.82, 2.24) is 0 Å². The average molecular weight is 805 g/mol. The standard InChI is InChI=1S/C53H72O6/c1-3-5-7-9-14-18-22-42-56-48-38-30-46(31-39-48)52(54)58-50-34-26-44(27-35-50)24-20-16-12-11-13-17-21-25-45-28-36-51(37-29-45)59-53(55)47-32-40-49(41-33-47)57-43-23-19-15-10-8-6-4-2/h26-41H,3-25,42-43H2,1-2H3. The highest BCUT2D eigenvalue weighted by molar-refractivity contribution is 5.91. The number of hydrogen-bond donors (Lipinski definition) is 0. The first-order valence-corrected chi connectivity index (χ1v) is 23.1. The molecule has 0 aliphatic heterocycles. The van der Waals surface area contributed by atoms with Gasteiger partial charge < -0.3 is 18.9 Å². The van der Waals surface area contributed by atoms with Crippen molar-refractivity contribution in [2.75, 3.05) is 13.2 Å². The number of esters is 2. The lowest BCUT2D eigenvalue weighted by atomic mass is 10.0. The topological polar surface area (TPSA) is 71.1 Å². The summed E-state index contributed by atoms with van der Waals surface area (Å²) in [5.41, 5.74) is 3.57. The second-order valence-electron chi connectivity index (χ2n) is 16.0. The molecule has 0 saturated heterocycles. The average Bonchev–Trinajstić information content (AvgIpc) is 3.26. The Bertz CT molecular complexity index is 1550. The van der Waals surface area contributed by atoms with E-state index >= 15 is 0 Å². The number of aryl methyl sites for hydroxylation is 2. The Morgan fingerprint density at radius 2 is 0.627 bits per heavy atom. The Kier molecular flexibility index (Phi) is 23.6. The molecule has 6 nitrogen and oxygen atoms in total. The fourth-order valence-electron chi connectivity index (χ4n) is 7.20. The number of carbonyl (C=O) groups excluding carboxylic acids is 2. The molecule has 0 aliphatic rings. The van der Waals surface area contributed by atoms with Crippen LogP contribution in [0.2, 0.25) is 0 Å². The van der Waals surface area contributed by atoms with Gasteiger partial charge in [0, 0.05) is 0 Å². The number of benzene rings is 4. The summed E-state index contributed by atoms with van der Waals surface area (Å²) in [7, 11) is 0. The molecule has 0 unspecified atom stereocenters. The van der Waals surface area contributed by atoms with E-state index in [0.29, 0.717) is 35.8 Å². The molecule has 4 aromatic rings. The van der Waals surface area contributed by atoms with Gasteiger partial charge in [-0.2, -0.15) is 0 Å². The first-order valence-electron chi connectivity index (χ1n) is 23.1. The summed E-state index contributed by atoms with van der Waals surface area (Å²) in [6.07, 6.45) is 28.1. The van der Waals surface area contributed by atoms with Crippen LogP contribution in [-0.2, 0) is 12.8 Å². The van der Waals surface area contributed by atoms with Gasteiger partial charge in [-0.1, -0.05) is 147 Å². The third-order valence-corrected chi connectivity index (χ3v) is 10.9. The molecule has 0 spiro atoms. The zero-order valence-corrected chi connectivity index (χ0v) is 36.4. The highest BCUT2D eigenvalue weighted by Gasteiger charge is 2.11. The molecule has 0 saturated carbocycles. The van der Waals surface area contributed by atoms with Gasteiger partial charge in [0.15, 0.2) is 0 Å². The Morgan fingerprint density at radius 1 is 0.339 bits per heavy atom. The highest BCUT2D eigenvalue weighted by Crippen LogP contribution is 2.21. The van der Waals surface area contributed by atoms with E-state index < -0.39 is 0 Å². The second-order valence-corrected chi connectivity index (χ2v) is 16.0. The second kappa shape index (κ2) is 29.6. The first kappa shape index (κ1) is 47.1. The van der Waals surface area contributed by atoms with E-state index in [1.807, 2.05) is 48.5 Å². The molecule has 0 atom stereocenters. The summed E-state index contributed by atoms with van der Waals surface area (Å²) >= 11 is 0. The van der Waals surface area contributed by atoms with Crippen LogP contribution in [0.5, 0.6) is 23.0 Å². The largest absolute Gasteiger partial charge is 0.494 e. The minimum absolute atomic E-state index is 0.356. The van der Waals surface area contributed by atoms with Crippen molar-refractivity contribution in [2.24, 2.45) is 0 Å². The van der Waals surface area contributed by atoms with Gasteiger partial charge in [0.05, 0.1) is 24.3 Å². The van der Waals surface area contributed by atoms with Gasteiger partial charge >= 0.3 is 11.9 Å². The number of hydrogen-bond acceptors (Lipinski definition) is 6. The summed E-state index contributed by atoms with van der Waals surface area (Å²) in [5.74, 6) is 1.99. The SMILES string of the molecule is CCCCCCCCCOc1ccc(C(=O)Oc2ccc(CCCCCCCCCc3ccc(OC(=O)c4ccc(OCCCCCCCCC)cc4)cc3)cc2)cc1. The van der Waals surface area contributed by atoms with Gasteiger partial charge in [-0.3, -0.25) is 0 Å². The molecule has 0 aliphatic carbocycles. The van der Waals surface area contributed by atoms with E-state index in [9.17, 15) is 9.59 Å². The van der Waals surface area contributed by atoms with Crippen LogP contribution in [0.1, 0.15) is 181 Å². The van der Waals surface area contributed by atoms with Crippen molar-refractivity contribution >= 4 is 11.9 Å². The third kappa shape index (κ3) is 20.3. The van der Waals surface area contributed by atoms with Crippen molar-refractivity contribution < 1.29 is 28.5 Å². The van der Waals surface area contributed by atoms with Crippen LogP contribution in [0.4, 0.5) is 0 Å². The third-order valence-electron chi connectivity index (χ3n) is 10.9.